The van der Waals surface area contributed by atoms with Crippen molar-refractivity contribution in [2.24, 2.45) is 5.92 Å². The van der Waals surface area contributed by atoms with Crippen LogP contribution in [0.1, 0.15) is 18.0 Å². The van der Waals surface area contributed by atoms with E-state index in [1.165, 1.54) is 18.2 Å². The maximum absolute atomic E-state index is 13.4. The molecule has 3 saturated heterocycles. The summed E-state index contributed by atoms with van der Waals surface area (Å²) in [4.78, 5) is 38.4. The Bertz CT molecular complexity index is 1030. The van der Waals surface area contributed by atoms with E-state index in [-0.39, 0.29) is 29.2 Å². The number of nitro groups is 1. The molecular formula is C20H17ClN4O4. The van der Waals surface area contributed by atoms with Gasteiger partial charge in [-0.2, -0.15) is 0 Å². The number of rotatable bonds is 3. The molecule has 0 aliphatic carbocycles. The van der Waals surface area contributed by atoms with Crippen LogP contribution in [0.3, 0.4) is 0 Å². The summed E-state index contributed by atoms with van der Waals surface area (Å²) in [5.41, 5.74) is 1.01. The maximum Gasteiger partial charge on any atom is 0.271 e. The number of anilines is 1. The Labute approximate surface area is 171 Å². The molecule has 0 N–H and O–H groups in total. The Balaban J connectivity index is 1.57. The highest BCUT2D eigenvalue weighted by Crippen LogP contribution is 2.49. The van der Waals surface area contributed by atoms with E-state index in [0.717, 1.165) is 23.4 Å². The Kier molecular flexibility index (Phi) is 4.16. The van der Waals surface area contributed by atoms with Gasteiger partial charge in [-0.3, -0.25) is 19.7 Å². The molecule has 0 radical (unpaired) electrons. The van der Waals surface area contributed by atoms with Gasteiger partial charge in [-0.1, -0.05) is 29.8 Å². The lowest BCUT2D eigenvalue weighted by Gasteiger charge is -2.29. The van der Waals surface area contributed by atoms with Crippen LogP contribution in [0.2, 0.25) is 5.02 Å². The van der Waals surface area contributed by atoms with Gasteiger partial charge in [-0.25, -0.2) is 14.9 Å². The molecule has 2 aromatic carbocycles. The second-order valence-corrected chi connectivity index (χ2v) is 7.87. The molecule has 0 unspecified atom stereocenters. The molecule has 3 heterocycles. The van der Waals surface area contributed by atoms with E-state index < -0.39 is 16.9 Å². The predicted octanol–water partition coefficient (Wildman–Crippen LogP) is 2.78. The molecule has 3 aliphatic heterocycles. The van der Waals surface area contributed by atoms with E-state index in [0.29, 0.717) is 11.6 Å². The first kappa shape index (κ1) is 18.2. The van der Waals surface area contributed by atoms with Crippen LogP contribution in [0, 0.1) is 16.0 Å². The molecule has 2 amide bonds. The minimum Gasteiger partial charge on any atom is -0.274 e. The Hall–Kier alpha value is -2.81. The summed E-state index contributed by atoms with van der Waals surface area (Å²) in [6.07, 6.45) is 0.908. The normalized spacial score (nSPS) is 26.8. The van der Waals surface area contributed by atoms with Crippen molar-refractivity contribution in [3.05, 3.63) is 69.2 Å². The molecule has 0 spiro atoms. The number of nitro benzene ring substituents is 1. The molecule has 29 heavy (non-hydrogen) atoms. The lowest BCUT2D eigenvalue weighted by molar-refractivity contribution is -0.384. The molecule has 3 fully saturated rings. The number of benzene rings is 2. The van der Waals surface area contributed by atoms with Crippen molar-refractivity contribution in [2.75, 3.05) is 18.0 Å². The molecule has 0 saturated carbocycles. The van der Waals surface area contributed by atoms with Crippen LogP contribution < -0.4 is 4.90 Å². The van der Waals surface area contributed by atoms with Crippen molar-refractivity contribution in [1.82, 2.24) is 10.0 Å². The van der Waals surface area contributed by atoms with Gasteiger partial charge in [0.1, 0.15) is 6.04 Å². The fourth-order valence-corrected chi connectivity index (χ4v) is 4.90. The van der Waals surface area contributed by atoms with Crippen LogP contribution in [0.25, 0.3) is 0 Å². The van der Waals surface area contributed by atoms with Crippen molar-refractivity contribution in [3.63, 3.8) is 0 Å². The van der Waals surface area contributed by atoms with E-state index in [1.807, 2.05) is 17.1 Å². The lowest BCUT2D eigenvalue weighted by Crippen LogP contribution is -2.44. The number of hydrazine groups is 1. The Morgan fingerprint density at radius 3 is 2.34 bits per heavy atom. The smallest absolute Gasteiger partial charge is 0.271 e. The van der Waals surface area contributed by atoms with Gasteiger partial charge in [0.05, 0.1) is 22.6 Å². The number of hydrogen-bond acceptors (Lipinski definition) is 6. The van der Waals surface area contributed by atoms with Gasteiger partial charge >= 0.3 is 0 Å². The van der Waals surface area contributed by atoms with Crippen molar-refractivity contribution in [1.29, 1.82) is 0 Å². The van der Waals surface area contributed by atoms with Crippen LogP contribution >= 0.6 is 11.6 Å². The molecule has 8 nitrogen and oxygen atoms in total. The van der Waals surface area contributed by atoms with E-state index in [4.69, 9.17) is 11.6 Å². The standard InChI is InChI=1S/C20H17ClN4O4/c21-13-7-5-12(6-8-13)17-16-18(23-10-2-9-22(17)23)20(27)24(19(16)26)14-3-1-4-15(11-14)25(28)29/h1,3-8,11,16-18H,2,9-10H2/t16-,17-,18-/m0/s1. The first-order valence-electron chi connectivity index (χ1n) is 9.38. The number of fused-ring (bicyclic) bond motifs is 3. The second-order valence-electron chi connectivity index (χ2n) is 7.44. The minimum atomic E-state index is -0.593. The topological polar surface area (TPSA) is 87.0 Å². The number of carbonyl (C=O) groups is 2. The highest BCUT2D eigenvalue weighted by molar-refractivity contribution is 6.30. The Morgan fingerprint density at radius 1 is 0.966 bits per heavy atom. The van der Waals surface area contributed by atoms with Crippen molar-refractivity contribution < 1.29 is 14.5 Å². The molecule has 9 heteroatoms. The third kappa shape index (κ3) is 2.67. The summed E-state index contributed by atoms with van der Waals surface area (Å²) in [5, 5.41) is 15.8. The van der Waals surface area contributed by atoms with Gasteiger partial charge in [-0.15, -0.1) is 0 Å². The van der Waals surface area contributed by atoms with Crippen LogP contribution in [0.4, 0.5) is 11.4 Å². The first-order chi connectivity index (χ1) is 14.0. The molecular weight excluding hydrogens is 396 g/mol. The first-order valence-corrected chi connectivity index (χ1v) is 9.76. The zero-order valence-corrected chi connectivity index (χ0v) is 16.0. The third-order valence-electron chi connectivity index (χ3n) is 5.92. The fraction of sp³-hybridized carbons (Fsp3) is 0.300. The highest BCUT2D eigenvalue weighted by atomic mass is 35.5. The number of carbonyl (C=O) groups excluding carboxylic acids is 2. The van der Waals surface area contributed by atoms with Gasteiger partial charge in [0, 0.05) is 30.2 Å². The molecule has 3 atom stereocenters. The highest BCUT2D eigenvalue weighted by Gasteiger charge is 2.62. The van der Waals surface area contributed by atoms with Gasteiger partial charge < -0.3 is 0 Å². The minimum absolute atomic E-state index is 0.155. The van der Waals surface area contributed by atoms with E-state index in [2.05, 4.69) is 5.01 Å². The molecule has 5 rings (SSSR count). The number of non-ortho nitro benzene ring substituents is 1. The van der Waals surface area contributed by atoms with E-state index in [9.17, 15) is 19.7 Å². The second kappa shape index (κ2) is 6.62. The summed E-state index contributed by atoms with van der Waals surface area (Å²) in [6, 6.07) is 12.1. The Morgan fingerprint density at radius 2 is 1.66 bits per heavy atom. The molecule has 0 aromatic heterocycles. The average molecular weight is 413 g/mol. The van der Waals surface area contributed by atoms with Gasteiger partial charge in [0.15, 0.2) is 0 Å². The predicted molar refractivity (Wildman–Crippen MR) is 105 cm³/mol. The summed E-state index contributed by atoms with van der Waals surface area (Å²) >= 11 is 6.03. The number of imide groups is 1. The monoisotopic (exact) mass is 412 g/mol. The molecule has 148 valence electrons. The number of amides is 2. The van der Waals surface area contributed by atoms with Crippen LogP contribution in [-0.2, 0) is 9.59 Å². The number of halogens is 1. The van der Waals surface area contributed by atoms with Crippen LogP contribution in [0.5, 0.6) is 0 Å². The quantitative estimate of drug-likeness (QED) is 0.437. The summed E-state index contributed by atoms with van der Waals surface area (Å²) in [7, 11) is 0. The molecule has 0 bridgehead atoms. The fourth-order valence-electron chi connectivity index (χ4n) is 4.77. The average Bonchev–Trinajstić information content (AvgIpc) is 3.35. The van der Waals surface area contributed by atoms with E-state index in [1.54, 1.807) is 18.2 Å². The van der Waals surface area contributed by atoms with Gasteiger partial charge in [0.25, 0.3) is 11.6 Å². The largest absolute Gasteiger partial charge is 0.274 e. The number of hydrogen-bond donors (Lipinski definition) is 0. The van der Waals surface area contributed by atoms with E-state index >= 15 is 0 Å². The number of nitrogens with zero attached hydrogens (tertiary/aromatic N) is 4. The summed E-state index contributed by atoms with van der Waals surface area (Å²) in [6.45, 7) is 1.48. The molecule has 3 aliphatic rings. The van der Waals surface area contributed by atoms with Crippen molar-refractivity contribution in [2.45, 2.75) is 18.5 Å². The van der Waals surface area contributed by atoms with Gasteiger partial charge in [-0.05, 0) is 30.2 Å². The summed E-state index contributed by atoms with van der Waals surface area (Å²) < 4.78 is 0. The van der Waals surface area contributed by atoms with Crippen LogP contribution in [0.15, 0.2) is 48.5 Å². The molecule has 2 aromatic rings. The third-order valence-corrected chi connectivity index (χ3v) is 6.17. The zero-order valence-electron chi connectivity index (χ0n) is 15.3. The lowest BCUT2D eigenvalue weighted by atomic mass is 9.90. The zero-order chi connectivity index (χ0) is 20.3. The maximum atomic E-state index is 13.4. The summed E-state index contributed by atoms with van der Waals surface area (Å²) in [5.74, 6) is -1.22. The van der Waals surface area contributed by atoms with Gasteiger partial charge in [0.2, 0.25) is 5.91 Å². The van der Waals surface area contributed by atoms with Crippen molar-refractivity contribution >= 4 is 34.8 Å². The van der Waals surface area contributed by atoms with Crippen LogP contribution in [-0.4, -0.2) is 45.9 Å². The SMILES string of the molecule is O=C1[C@@H]2[C@@H](C(=O)N1c1cccc([N+](=O)[O-])c1)N1CCCN1[C@H]2c1ccc(Cl)cc1. The van der Waals surface area contributed by atoms with Crippen molar-refractivity contribution in [3.8, 4) is 0 Å².